The molecule has 2 aromatic heterocycles. The van der Waals surface area contributed by atoms with Gasteiger partial charge in [0.1, 0.15) is 22.0 Å². The molecule has 0 fully saturated rings. The number of aryl methyl sites for hydroxylation is 1. The second-order valence-corrected chi connectivity index (χ2v) is 8.34. The van der Waals surface area contributed by atoms with E-state index in [0.29, 0.717) is 13.0 Å². The standard InChI is InChI=1S/C19H20FN3OS2/c1-3-15-10-16-18(22-11-23-19(16)26-15)25-12(2)17(24)21-9-8-13-4-6-14(20)7-5-13/h4-7,10-12H,3,8-9H2,1-2H3,(H,21,24). The van der Waals surface area contributed by atoms with Gasteiger partial charge in [-0.2, -0.15) is 0 Å². The van der Waals surface area contributed by atoms with Gasteiger partial charge in [0.2, 0.25) is 5.91 Å². The molecule has 4 nitrogen and oxygen atoms in total. The summed E-state index contributed by atoms with van der Waals surface area (Å²) in [5.41, 5.74) is 0.995. The van der Waals surface area contributed by atoms with E-state index in [4.69, 9.17) is 0 Å². The number of hydrogen-bond acceptors (Lipinski definition) is 5. The zero-order valence-electron chi connectivity index (χ0n) is 14.7. The highest BCUT2D eigenvalue weighted by Gasteiger charge is 2.17. The Kier molecular flexibility index (Phi) is 6.21. The van der Waals surface area contributed by atoms with E-state index in [1.807, 2.05) is 6.92 Å². The summed E-state index contributed by atoms with van der Waals surface area (Å²) in [6, 6.07) is 8.45. The smallest absolute Gasteiger partial charge is 0.233 e. The summed E-state index contributed by atoms with van der Waals surface area (Å²) in [6.45, 7) is 4.51. The first-order chi connectivity index (χ1) is 12.6. The lowest BCUT2D eigenvalue weighted by Crippen LogP contribution is -2.32. The molecule has 0 spiro atoms. The number of nitrogens with zero attached hydrogens (tertiary/aromatic N) is 2. The number of thiophene rings is 1. The highest BCUT2D eigenvalue weighted by molar-refractivity contribution is 8.00. The Labute approximate surface area is 160 Å². The van der Waals surface area contributed by atoms with Gasteiger partial charge in [-0.15, -0.1) is 11.3 Å². The highest BCUT2D eigenvalue weighted by Crippen LogP contribution is 2.32. The molecule has 26 heavy (non-hydrogen) atoms. The van der Waals surface area contributed by atoms with Crippen LogP contribution in [0, 0.1) is 5.82 Å². The molecule has 1 unspecified atom stereocenters. The largest absolute Gasteiger partial charge is 0.355 e. The SMILES string of the molecule is CCc1cc2c(SC(C)C(=O)NCCc3ccc(F)cc3)ncnc2s1. The molecule has 0 aliphatic heterocycles. The van der Waals surface area contributed by atoms with Crippen LogP contribution < -0.4 is 5.32 Å². The molecule has 2 heterocycles. The van der Waals surface area contributed by atoms with Crippen LogP contribution >= 0.6 is 23.1 Å². The average Bonchev–Trinajstić information content (AvgIpc) is 3.07. The normalized spacial score (nSPS) is 12.3. The summed E-state index contributed by atoms with van der Waals surface area (Å²) in [5.74, 6) is -0.284. The number of rotatable bonds is 7. The molecule has 0 radical (unpaired) electrons. The first kappa shape index (κ1) is 18.8. The Morgan fingerprint density at radius 2 is 2.08 bits per heavy atom. The third-order valence-corrected chi connectivity index (χ3v) is 6.28. The first-order valence-corrected chi connectivity index (χ1v) is 10.2. The van der Waals surface area contributed by atoms with E-state index in [-0.39, 0.29) is 17.0 Å². The van der Waals surface area contributed by atoms with Gasteiger partial charge >= 0.3 is 0 Å². The Balaban J connectivity index is 1.57. The molecule has 0 aliphatic rings. The average molecular weight is 390 g/mol. The van der Waals surface area contributed by atoms with Crippen molar-refractivity contribution in [1.82, 2.24) is 15.3 Å². The number of aromatic nitrogens is 2. The molecule has 0 aliphatic carbocycles. The fraction of sp³-hybridized carbons (Fsp3) is 0.316. The van der Waals surface area contributed by atoms with Crippen molar-refractivity contribution in [3.05, 3.63) is 52.9 Å². The molecule has 0 saturated carbocycles. The fourth-order valence-electron chi connectivity index (χ4n) is 2.50. The Hall–Kier alpha value is -1.99. The lowest BCUT2D eigenvalue weighted by molar-refractivity contribution is -0.120. The first-order valence-electron chi connectivity index (χ1n) is 8.49. The summed E-state index contributed by atoms with van der Waals surface area (Å²) in [4.78, 5) is 23.3. The number of benzene rings is 1. The monoisotopic (exact) mass is 389 g/mol. The molecule has 136 valence electrons. The summed E-state index contributed by atoms with van der Waals surface area (Å²) in [6.07, 6.45) is 3.19. The number of thioether (sulfide) groups is 1. The van der Waals surface area contributed by atoms with E-state index < -0.39 is 0 Å². The predicted molar refractivity (Wildman–Crippen MR) is 105 cm³/mol. The van der Waals surface area contributed by atoms with Crippen molar-refractivity contribution >= 4 is 39.2 Å². The number of amides is 1. The van der Waals surface area contributed by atoms with Crippen LogP contribution in [0.3, 0.4) is 0 Å². The van der Waals surface area contributed by atoms with E-state index in [2.05, 4.69) is 28.3 Å². The maximum atomic E-state index is 12.9. The lowest BCUT2D eigenvalue weighted by Gasteiger charge is -2.12. The summed E-state index contributed by atoms with van der Waals surface area (Å²) in [7, 11) is 0. The summed E-state index contributed by atoms with van der Waals surface area (Å²) >= 11 is 3.11. The second-order valence-electron chi connectivity index (χ2n) is 5.89. The van der Waals surface area contributed by atoms with Crippen LogP contribution in [0.2, 0.25) is 0 Å². The minimum absolute atomic E-state index is 0.0326. The van der Waals surface area contributed by atoms with Crippen LogP contribution in [0.25, 0.3) is 10.2 Å². The molecule has 1 atom stereocenters. The minimum atomic E-state index is -0.258. The number of halogens is 1. The van der Waals surface area contributed by atoms with Gasteiger partial charge in [0.05, 0.1) is 5.25 Å². The van der Waals surface area contributed by atoms with Crippen LogP contribution in [0.1, 0.15) is 24.3 Å². The Morgan fingerprint density at radius 3 is 2.81 bits per heavy atom. The molecule has 0 saturated heterocycles. The second kappa shape index (κ2) is 8.60. The number of nitrogens with one attached hydrogen (secondary N) is 1. The van der Waals surface area contributed by atoms with E-state index >= 15 is 0 Å². The molecule has 0 bridgehead atoms. The molecular weight excluding hydrogens is 369 g/mol. The number of fused-ring (bicyclic) bond motifs is 1. The highest BCUT2D eigenvalue weighted by atomic mass is 32.2. The summed E-state index contributed by atoms with van der Waals surface area (Å²) < 4.78 is 12.9. The van der Waals surface area contributed by atoms with Gasteiger partial charge in [-0.1, -0.05) is 30.8 Å². The Morgan fingerprint density at radius 1 is 1.31 bits per heavy atom. The molecule has 1 aromatic carbocycles. The number of hydrogen-bond donors (Lipinski definition) is 1. The van der Waals surface area contributed by atoms with Gasteiger partial charge in [-0.3, -0.25) is 4.79 Å². The third-order valence-electron chi connectivity index (χ3n) is 3.98. The van der Waals surface area contributed by atoms with Gasteiger partial charge in [-0.25, -0.2) is 14.4 Å². The van der Waals surface area contributed by atoms with E-state index in [1.165, 1.54) is 28.8 Å². The lowest BCUT2D eigenvalue weighted by atomic mass is 10.1. The zero-order chi connectivity index (χ0) is 18.5. The van der Waals surface area contributed by atoms with Crippen molar-refractivity contribution in [2.24, 2.45) is 0 Å². The third kappa shape index (κ3) is 4.59. The van der Waals surface area contributed by atoms with Crippen LogP contribution in [-0.2, 0) is 17.6 Å². The van der Waals surface area contributed by atoms with Crippen molar-refractivity contribution < 1.29 is 9.18 Å². The minimum Gasteiger partial charge on any atom is -0.355 e. The van der Waals surface area contributed by atoms with Gasteiger partial charge < -0.3 is 5.32 Å². The van der Waals surface area contributed by atoms with Crippen LogP contribution in [-0.4, -0.2) is 27.7 Å². The number of carbonyl (C=O) groups is 1. The van der Waals surface area contributed by atoms with Crippen molar-refractivity contribution in [1.29, 1.82) is 0 Å². The number of carbonyl (C=O) groups excluding carboxylic acids is 1. The van der Waals surface area contributed by atoms with Gasteiger partial charge in [0, 0.05) is 16.8 Å². The van der Waals surface area contributed by atoms with Crippen molar-refractivity contribution in [3.8, 4) is 0 Å². The van der Waals surface area contributed by atoms with Gasteiger partial charge in [0.25, 0.3) is 0 Å². The van der Waals surface area contributed by atoms with Crippen LogP contribution in [0.4, 0.5) is 4.39 Å². The molecule has 7 heteroatoms. The van der Waals surface area contributed by atoms with Gasteiger partial charge in [0.15, 0.2) is 0 Å². The molecular formula is C19H20FN3OS2. The van der Waals surface area contributed by atoms with Gasteiger partial charge in [-0.05, 0) is 43.5 Å². The molecule has 3 aromatic rings. The maximum Gasteiger partial charge on any atom is 0.233 e. The van der Waals surface area contributed by atoms with Crippen LogP contribution in [0.15, 0.2) is 41.7 Å². The van der Waals surface area contributed by atoms with Crippen LogP contribution in [0.5, 0.6) is 0 Å². The predicted octanol–water partition coefficient (Wildman–Crippen LogP) is 4.23. The van der Waals surface area contributed by atoms with E-state index in [0.717, 1.165) is 27.2 Å². The van der Waals surface area contributed by atoms with E-state index in [9.17, 15) is 9.18 Å². The maximum absolute atomic E-state index is 12.9. The quantitative estimate of drug-likeness (QED) is 0.485. The Bertz CT molecular complexity index is 895. The van der Waals surface area contributed by atoms with Crippen molar-refractivity contribution in [2.75, 3.05) is 6.54 Å². The van der Waals surface area contributed by atoms with Crippen molar-refractivity contribution in [2.45, 2.75) is 37.0 Å². The van der Waals surface area contributed by atoms with Crippen molar-refractivity contribution in [3.63, 3.8) is 0 Å². The molecule has 1 N–H and O–H groups in total. The topological polar surface area (TPSA) is 54.9 Å². The zero-order valence-corrected chi connectivity index (χ0v) is 16.3. The molecule has 1 amide bonds. The van der Waals surface area contributed by atoms with E-state index in [1.54, 1.807) is 29.8 Å². The molecule has 3 rings (SSSR count). The fourth-order valence-corrected chi connectivity index (χ4v) is 4.41. The summed E-state index contributed by atoms with van der Waals surface area (Å²) in [5, 5.41) is 4.54.